The summed E-state index contributed by atoms with van der Waals surface area (Å²) in [5.74, 6) is 0.613. The first-order chi connectivity index (χ1) is 8.66. The summed E-state index contributed by atoms with van der Waals surface area (Å²) in [4.78, 5) is 0. The Hall–Kier alpha value is -1.71. The van der Waals surface area contributed by atoms with Gasteiger partial charge in [-0.25, -0.2) is 0 Å². The minimum Gasteiger partial charge on any atom is -0.488 e. The number of hydrogen-bond acceptors (Lipinski definition) is 2. The Labute approximate surface area is 123 Å². The molecule has 0 aliphatic rings. The molecule has 0 spiro atoms. The third-order valence-corrected chi connectivity index (χ3v) is 2.74. The smallest absolute Gasteiger partial charge is 0.130 e. The molecule has 2 rings (SSSR count). The second-order valence-electron chi connectivity index (χ2n) is 3.82. The second-order valence-corrected chi connectivity index (χ2v) is 4.26. The van der Waals surface area contributed by atoms with E-state index in [0.717, 1.165) is 5.56 Å². The van der Waals surface area contributed by atoms with Gasteiger partial charge in [-0.15, -0.1) is 12.4 Å². The number of nitrogen functional groups attached to an aromatic ring is 1. The first kappa shape index (κ1) is 15.3. The summed E-state index contributed by atoms with van der Waals surface area (Å²) >= 11 is 5.81. The fourth-order valence-corrected chi connectivity index (χ4v) is 1.68. The van der Waals surface area contributed by atoms with E-state index in [-0.39, 0.29) is 18.2 Å². The number of benzene rings is 2. The number of nitrogens with one attached hydrogen (secondary N) is 1. The molecular formula is C14H14Cl2N2O. The number of hydrogen-bond donors (Lipinski definition) is 2. The molecule has 19 heavy (non-hydrogen) atoms. The Kier molecular flexibility index (Phi) is 5.67. The van der Waals surface area contributed by atoms with Crippen LogP contribution in [0, 0.1) is 5.41 Å². The molecule has 0 radical (unpaired) electrons. The molecule has 100 valence electrons. The van der Waals surface area contributed by atoms with Crippen molar-refractivity contribution in [2.24, 2.45) is 5.73 Å². The molecule has 0 saturated carbocycles. The molecule has 0 aromatic heterocycles. The zero-order valence-electron chi connectivity index (χ0n) is 10.1. The highest BCUT2D eigenvalue weighted by molar-refractivity contribution is 6.30. The topological polar surface area (TPSA) is 59.1 Å². The van der Waals surface area contributed by atoms with Crippen molar-refractivity contribution in [3.05, 3.63) is 64.7 Å². The lowest BCUT2D eigenvalue weighted by Gasteiger charge is -2.10. The van der Waals surface area contributed by atoms with Crippen LogP contribution in [-0.4, -0.2) is 5.84 Å². The molecule has 0 aliphatic heterocycles. The van der Waals surface area contributed by atoms with Gasteiger partial charge in [0.05, 0.1) is 5.56 Å². The summed E-state index contributed by atoms with van der Waals surface area (Å²) in [6.45, 7) is 0.418. The van der Waals surface area contributed by atoms with Gasteiger partial charge in [-0.3, -0.25) is 5.41 Å². The molecule has 5 heteroatoms. The molecule has 0 bridgehead atoms. The SMILES string of the molecule is Cl.N=C(N)c1ccccc1OCc1ccc(Cl)cc1. The highest BCUT2D eigenvalue weighted by atomic mass is 35.5. The van der Waals surface area contributed by atoms with Crippen LogP contribution in [0.4, 0.5) is 0 Å². The lowest BCUT2D eigenvalue weighted by atomic mass is 10.2. The molecule has 0 unspecified atom stereocenters. The lowest BCUT2D eigenvalue weighted by molar-refractivity contribution is 0.305. The van der Waals surface area contributed by atoms with Crippen LogP contribution < -0.4 is 10.5 Å². The summed E-state index contributed by atoms with van der Waals surface area (Å²) < 4.78 is 5.66. The summed E-state index contributed by atoms with van der Waals surface area (Å²) in [5, 5.41) is 8.16. The van der Waals surface area contributed by atoms with Crippen molar-refractivity contribution >= 4 is 29.8 Å². The highest BCUT2D eigenvalue weighted by Gasteiger charge is 2.05. The van der Waals surface area contributed by atoms with Crippen molar-refractivity contribution in [1.29, 1.82) is 5.41 Å². The monoisotopic (exact) mass is 296 g/mol. The Morgan fingerprint density at radius 3 is 2.37 bits per heavy atom. The van der Waals surface area contributed by atoms with Crippen LogP contribution in [0.25, 0.3) is 0 Å². The number of nitrogens with two attached hydrogens (primary N) is 1. The van der Waals surface area contributed by atoms with Gasteiger partial charge in [-0.05, 0) is 29.8 Å². The summed E-state index contributed by atoms with van der Waals surface area (Å²) in [6, 6.07) is 14.7. The van der Waals surface area contributed by atoms with E-state index >= 15 is 0 Å². The first-order valence-electron chi connectivity index (χ1n) is 5.47. The van der Waals surface area contributed by atoms with Crippen LogP contribution in [0.15, 0.2) is 48.5 Å². The summed E-state index contributed by atoms with van der Waals surface area (Å²) in [5.41, 5.74) is 7.10. The van der Waals surface area contributed by atoms with E-state index in [9.17, 15) is 0 Å². The summed E-state index contributed by atoms with van der Waals surface area (Å²) in [6.07, 6.45) is 0. The molecular weight excluding hydrogens is 283 g/mol. The van der Waals surface area contributed by atoms with Gasteiger partial charge < -0.3 is 10.5 Å². The van der Waals surface area contributed by atoms with Crippen molar-refractivity contribution < 1.29 is 4.74 Å². The molecule has 2 aromatic carbocycles. The number of rotatable bonds is 4. The highest BCUT2D eigenvalue weighted by Crippen LogP contribution is 2.19. The average molecular weight is 297 g/mol. The molecule has 0 aliphatic carbocycles. The Morgan fingerprint density at radius 2 is 1.74 bits per heavy atom. The fraction of sp³-hybridized carbons (Fsp3) is 0.0714. The zero-order valence-corrected chi connectivity index (χ0v) is 11.7. The molecule has 0 saturated heterocycles. The van der Waals surface area contributed by atoms with Crippen molar-refractivity contribution in [3.8, 4) is 5.75 Å². The van der Waals surface area contributed by atoms with E-state index in [1.807, 2.05) is 36.4 Å². The van der Waals surface area contributed by atoms with Crippen LogP contribution in [0.3, 0.4) is 0 Å². The quantitative estimate of drug-likeness (QED) is 0.669. The maximum Gasteiger partial charge on any atom is 0.130 e. The standard InChI is InChI=1S/C14H13ClN2O.ClH/c15-11-7-5-10(6-8-11)9-18-13-4-2-1-3-12(13)14(16)17;/h1-8H,9H2,(H3,16,17);1H. The zero-order chi connectivity index (χ0) is 13.0. The normalized spacial score (nSPS) is 9.53. The number of halogens is 2. The molecule has 2 aromatic rings. The van der Waals surface area contributed by atoms with Gasteiger partial charge in [-0.1, -0.05) is 35.9 Å². The van der Waals surface area contributed by atoms with Crippen LogP contribution in [0.5, 0.6) is 5.75 Å². The van der Waals surface area contributed by atoms with E-state index in [1.165, 1.54) is 0 Å². The van der Waals surface area contributed by atoms with E-state index in [4.69, 9.17) is 27.5 Å². The Balaban J connectivity index is 0.00000180. The van der Waals surface area contributed by atoms with E-state index in [0.29, 0.717) is 22.9 Å². The van der Waals surface area contributed by atoms with Crippen molar-refractivity contribution in [2.75, 3.05) is 0 Å². The number of amidine groups is 1. The number of para-hydroxylation sites is 1. The number of ether oxygens (including phenoxy) is 1. The van der Waals surface area contributed by atoms with Gasteiger partial charge in [0, 0.05) is 5.02 Å². The van der Waals surface area contributed by atoms with Crippen LogP contribution >= 0.6 is 24.0 Å². The third kappa shape index (κ3) is 4.16. The van der Waals surface area contributed by atoms with E-state index in [1.54, 1.807) is 12.1 Å². The third-order valence-electron chi connectivity index (χ3n) is 2.48. The van der Waals surface area contributed by atoms with E-state index in [2.05, 4.69) is 0 Å². The largest absolute Gasteiger partial charge is 0.488 e. The van der Waals surface area contributed by atoms with Crippen LogP contribution in [0.1, 0.15) is 11.1 Å². The molecule has 0 amide bonds. The second kappa shape index (κ2) is 7.02. The predicted octanol–water partition coefficient (Wildman–Crippen LogP) is 3.62. The molecule has 3 nitrogen and oxygen atoms in total. The minimum absolute atomic E-state index is 0. The molecule has 3 N–H and O–H groups in total. The van der Waals surface area contributed by atoms with Crippen molar-refractivity contribution in [1.82, 2.24) is 0 Å². The molecule has 0 heterocycles. The van der Waals surface area contributed by atoms with Crippen LogP contribution in [0.2, 0.25) is 5.02 Å². The van der Waals surface area contributed by atoms with E-state index < -0.39 is 0 Å². The maximum atomic E-state index is 7.47. The predicted molar refractivity (Wildman–Crippen MR) is 80.5 cm³/mol. The van der Waals surface area contributed by atoms with Gasteiger partial charge in [-0.2, -0.15) is 0 Å². The Bertz CT molecular complexity index is 556. The summed E-state index contributed by atoms with van der Waals surface area (Å²) in [7, 11) is 0. The first-order valence-corrected chi connectivity index (χ1v) is 5.85. The van der Waals surface area contributed by atoms with Gasteiger partial charge in [0.1, 0.15) is 18.2 Å². The molecule has 0 atom stereocenters. The van der Waals surface area contributed by atoms with Gasteiger partial charge in [0.25, 0.3) is 0 Å². The van der Waals surface area contributed by atoms with Gasteiger partial charge >= 0.3 is 0 Å². The van der Waals surface area contributed by atoms with Gasteiger partial charge in [0.15, 0.2) is 0 Å². The Morgan fingerprint density at radius 1 is 1.11 bits per heavy atom. The molecule has 0 fully saturated rings. The van der Waals surface area contributed by atoms with Gasteiger partial charge in [0.2, 0.25) is 0 Å². The van der Waals surface area contributed by atoms with Crippen molar-refractivity contribution in [3.63, 3.8) is 0 Å². The van der Waals surface area contributed by atoms with Crippen molar-refractivity contribution in [2.45, 2.75) is 6.61 Å². The van der Waals surface area contributed by atoms with Crippen LogP contribution in [-0.2, 0) is 6.61 Å². The minimum atomic E-state index is 0. The maximum absolute atomic E-state index is 7.47. The lowest BCUT2D eigenvalue weighted by Crippen LogP contribution is -2.12. The fourth-order valence-electron chi connectivity index (χ4n) is 1.56. The average Bonchev–Trinajstić information content (AvgIpc) is 2.38.